The SMILES string of the molecule is Cc1cc(N2CC3CCCN3CC2C)ccc1CCl. The van der Waals surface area contributed by atoms with Crippen LogP contribution in [0.1, 0.15) is 30.9 Å². The van der Waals surface area contributed by atoms with Gasteiger partial charge in [-0.3, -0.25) is 4.90 Å². The molecule has 104 valence electrons. The Labute approximate surface area is 121 Å². The molecule has 19 heavy (non-hydrogen) atoms. The zero-order valence-electron chi connectivity index (χ0n) is 11.9. The van der Waals surface area contributed by atoms with Crippen LogP contribution in [0.3, 0.4) is 0 Å². The number of aryl methyl sites for hydroxylation is 1. The zero-order chi connectivity index (χ0) is 13.4. The lowest BCUT2D eigenvalue weighted by molar-refractivity contribution is 0.203. The molecule has 3 rings (SSSR count). The summed E-state index contributed by atoms with van der Waals surface area (Å²) in [5.74, 6) is 0.609. The van der Waals surface area contributed by atoms with Crippen LogP contribution < -0.4 is 4.90 Å². The first-order valence-corrected chi connectivity index (χ1v) is 7.88. The van der Waals surface area contributed by atoms with Gasteiger partial charge in [0.1, 0.15) is 0 Å². The first-order chi connectivity index (χ1) is 9.19. The van der Waals surface area contributed by atoms with E-state index in [9.17, 15) is 0 Å². The number of piperazine rings is 1. The molecule has 0 amide bonds. The second-order valence-electron chi connectivity index (χ2n) is 6.04. The second kappa shape index (κ2) is 5.34. The Balaban J connectivity index is 1.82. The van der Waals surface area contributed by atoms with Gasteiger partial charge in [0.05, 0.1) is 0 Å². The molecule has 1 aromatic rings. The minimum Gasteiger partial charge on any atom is -0.366 e. The van der Waals surface area contributed by atoms with E-state index in [0.717, 1.165) is 6.04 Å². The first kappa shape index (κ1) is 13.3. The summed E-state index contributed by atoms with van der Waals surface area (Å²) < 4.78 is 0. The molecule has 0 aliphatic carbocycles. The number of nitrogens with zero attached hydrogens (tertiary/aromatic N) is 2. The van der Waals surface area contributed by atoms with E-state index >= 15 is 0 Å². The smallest absolute Gasteiger partial charge is 0.0476 e. The maximum atomic E-state index is 5.95. The Bertz CT molecular complexity index is 460. The predicted molar refractivity (Wildman–Crippen MR) is 82.1 cm³/mol. The highest BCUT2D eigenvalue weighted by molar-refractivity contribution is 6.17. The van der Waals surface area contributed by atoms with Crippen molar-refractivity contribution in [2.45, 2.75) is 44.7 Å². The van der Waals surface area contributed by atoms with Gasteiger partial charge < -0.3 is 4.90 Å². The maximum absolute atomic E-state index is 5.95. The monoisotopic (exact) mass is 278 g/mol. The number of hydrogen-bond donors (Lipinski definition) is 0. The van der Waals surface area contributed by atoms with Crippen molar-refractivity contribution < 1.29 is 0 Å². The fourth-order valence-corrected chi connectivity index (χ4v) is 3.86. The standard InChI is InChI=1S/C16H23ClN2/c1-12-8-15(6-5-14(12)9-17)19-11-16-4-3-7-18(16)10-13(19)2/h5-6,8,13,16H,3-4,7,9-11H2,1-2H3. The molecule has 0 spiro atoms. The average Bonchev–Trinajstić information content (AvgIpc) is 2.84. The van der Waals surface area contributed by atoms with Gasteiger partial charge in [-0.1, -0.05) is 6.07 Å². The number of hydrogen-bond acceptors (Lipinski definition) is 2. The van der Waals surface area contributed by atoms with Gasteiger partial charge in [0.25, 0.3) is 0 Å². The lowest BCUT2D eigenvalue weighted by Gasteiger charge is -2.43. The number of alkyl halides is 1. The van der Waals surface area contributed by atoms with Crippen molar-refractivity contribution >= 4 is 17.3 Å². The van der Waals surface area contributed by atoms with Crippen molar-refractivity contribution in [3.8, 4) is 0 Å². The van der Waals surface area contributed by atoms with Crippen molar-refractivity contribution in [1.29, 1.82) is 0 Å². The first-order valence-electron chi connectivity index (χ1n) is 7.35. The summed E-state index contributed by atoms with van der Waals surface area (Å²) >= 11 is 5.95. The molecule has 2 atom stereocenters. The number of fused-ring (bicyclic) bond motifs is 1. The van der Waals surface area contributed by atoms with E-state index in [1.807, 2.05) is 0 Å². The molecule has 2 heterocycles. The van der Waals surface area contributed by atoms with Crippen molar-refractivity contribution in [3.05, 3.63) is 29.3 Å². The minimum atomic E-state index is 0.607. The molecule has 0 N–H and O–H groups in total. The molecule has 2 unspecified atom stereocenters. The average molecular weight is 279 g/mol. The molecule has 2 aliphatic heterocycles. The Kier molecular flexibility index (Phi) is 3.72. The van der Waals surface area contributed by atoms with E-state index < -0.39 is 0 Å². The summed E-state index contributed by atoms with van der Waals surface area (Å²) in [6.45, 7) is 8.20. The van der Waals surface area contributed by atoms with Crippen LogP contribution in [0.25, 0.3) is 0 Å². The summed E-state index contributed by atoms with van der Waals surface area (Å²) in [5, 5.41) is 0. The van der Waals surface area contributed by atoms with Crippen LogP contribution in [0, 0.1) is 6.92 Å². The second-order valence-corrected chi connectivity index (χ2v) is 6.30. The zero-order valence-corrected chi connectivity index (χ0v) is 12.7. The van der Waals surface area contributed by atoms with Gasteiger partial charge in [-0.25, -0.2) is 0 Å². The van der Waals surface area contributed by atoms with Crippen LogP contribution in [-0.2, 0) is 5.88 Å². The molecule has 2 saturated heterocycles. The van der Waals surface area contributed by atoms with E-state index in [1.165, 1.54) is 49.3 Å². The summed E-state index contributed by atoms with van der Waals surface area (Å²) in [7, 11) is 0. The van der Waals surface area contributed by atoms with Gasteiger partial charge in [0.15, 0.2) is 0 Å². The highest BCUT2D eigenvalue weighted by atomic mass is 35.5. The third-order valence-electron chi connectivity index (χ3n) is 4.74. The lowest BCUT2D eigenvalue weighted by Crippen LogP contribution is -2.55. The van der Waals surface area contributed by atoms with Crippen molar-refractivity contribution in [1.82, 2.24) is 4.90 Å². The Morgan fingerprint density at radius 1 is 1.32 bits per heavy atom. The molecule has 0 bridgehead atoms. The Morgan fingerprint density at radius 2 is 2.16 bits per heavy atom. The summed E-state index contributed by atoms with van der Waals surface area (Å²) in [6.07, 6.45) is 2.73. The van der Waals surface area contributed by atoms with Crippen molar-refractivity contribution in [2.75, 3.05) is 24.5 Å². The van der Waals surface area contributed by atoms with Crippen LogP contribution in [0.5, 0.6) is 0 Å². The number of rotatable bonds is 2. The molecule has 0 radical (unpaired) electrons. The van der Waals surface area contributed by atoms with E-state index in [1.54, 1.807) is 0 Å². The van der Waals surface area contributed by atoms with Gasteiger partial charge >= 0.3 is 0 Å². The van der Waals surface area contributed by atoms with Gasteiger partial charge in [-0.05, 0) is 56.5 Å². The highest BCUT2D eigenvalue weighted by Crippen LogP contribution is 2.29. The fraction of sp³-hybridized carbons (Fsp3) is 0.625. The topological polar surface area (TPSA) is 6.48 Å². The van der Waals surface area contributed by atoms with E-state index in [4.69, 9.17) is 11.6 Å². The lowest BCUT2D eigenvalue weighted by atomic mass is 10.0. The van der Waals surface area contributed by atoms with E-state index in [0.29, 0.717) is 11.9 Å². The van der Waals surface area contributed by atoms with Gasteiger partial charge in [0.2, 0.25) is 0 Å². The summed E-state index contributed by atoms with van der Waals surface area (Å²) in [5.41, 5.74) is 3.93. The van der Waals surface area contributed by atoms with Crippen molar-refractivity contribution in [3.63, 3.8) is 0 Å². The van der Waals surface area contributed by atoms with Gasteiger partial charge in [0, 0.05) is 36.7 Å². The number of benzene rings is 1. The van der Waals surface area contributed by atoms with Crippen LogP contribution in [-0.4, -0.2) is 36.6 Å². The summed E-state index contributed by atoms with van der Waals surface area (Å²) in [6, 6.07) is 8.11. The van der Waals surface area contributed by atoms with E-state index in [-0.39, 0.29) is 0 Å². The van der Waals surface area contributed by atoms with Crippen LogP contribution in [0.15, 0.2) is 18.2 Å². The van der Waals surface area contributed by atoms with Crippen molar-refractivity contribution in [2.24, 2.45) is 0 Å². The number of halogens is 1. The van der Waals surface area contributed by atoms with Crippen LogP contribution in [0.4, 0.5) is 5.69 Å². The largest absolute Gasteiger partial charge is 0.366 e. The normalized spacial score (nSPS) is 27.6. The van der Waals surface area contributed by atoms with E-state index in [2.05, 4.69) is 41.8 Å². The molecule has 3 heteroatoms. The Morgan fingerprint density at radius 3 is 2.89 bits per heavy atom. The third-order valence-corrected chi connectivity index (χ3v) is 5.03. The summed E-state index contributed by atoms with van der Waals surface area (Å²) in [4.78, 5) is 5.25. The molecule has 2 nitrogen and oxygen atoms in total. The highest BCUT2D eigenvalue weighted by Gasteiger charge is 2.34. The van der Waals surface area contributed by atoms with Gasteiger partial charge in [-0.2, -0.15) is 0 Å². The van der Waals surface area contributed by atoms with Gasteiger partial charge in [-0.15, -0.1) is 11.6 Å². The maximum Gasteiger partial charge on any atom is 0.0476 e. The van der Waals surface area contributed by atoms with Crippen LogP contribution >= 0.6 is 11.6 Å². The molecule has 0 saturated carbocycles. The molecule has 2 fully saturated rings. The quantitative estimate of drug-likeness (QED) is 0.765. The molecule has 1 aromatic carbocycles. The molecular formula is C16H23ClN2. The Hall–Kier alpha value is -0.730. The third kappa shape index (κ3) is 2.48. The number of anilines is 1. The molecule has 2 aliphatic rings. The fourth-order valence-electron chi connectivity index (χ4n) is 3.56. The minimum absolute atomic E-state index is 0.607. The molecule has 0 aromatic heterocycles. The molecular weight excluding hydrogens is 256 g/mol. The van der Waals surface area contributed by atoms with Crippen LogP contribution in [0.2, 0.25) is 0 Å². The predicted octanol–water partition coefficient (Wildman–Crippen LogP) is 3.41.